The van der Waals surface area contributed by atoms with Gasteiger partial charge in [-0.15, -0.1) is 0 Å². The van der Waals surface area contributed by atoms with Gasteiger partial charge in [0.25, 0.3) is 5.91 Å². The van der Waals surface area contributed by atoms with Crippen LogP contribution in [0.4, 0.5) is 0 Å². The summed E-state index contributed by atoms with van der Waals surface area (Å²) in [5.41, 5.74) is 7.73. The normalized spacial score (nSPS) is 12.2. The van der Waals surface area contributed by atoms with E-state index in [1.54, 1.807) is 0 Å². The Balaban J connectivity index is 2.27. The van der Waals surface area contributed by atoms with Crippen LogP contribution in [0.1, 0.15) is 23.0 Å². The number of nitrogens with zero attached hydrogens (tertiary/aromatic N) is 1. The second kappa shape index (κ2) is 5.67. The first-order valence-electron chi connectivity index (χ1n) is 6.13. The maximum absolute atomic E-state index is 12.0. The van der Waals surface area contributed by atoms with Crippen molar-refractivity contribution in [2.45, 2.75) is 19.9 Å². The molecule has 1 heterocycles. The Hall–Kier alpha value is -2.14. The number of rotatable bonds is 4. The van der Waals surface area contributed by atoms with E-state index in [1.165, 1.54) is 6.39 Å². The number of hydrogen-bond acceptors (Lipinski definition) is 4. The molecule has 0 spiro atoms. The highest BCUT2D eigenvalue weighted by molar-refractivity contribution is 5.97. The van der Waals surface area contributed by atoms with E-state index in [4.69, 9.17) is 10.2 Å². The third-order valence-corrected chi connectivity index (χ3v) is 2.83. The van der Waals surface area contributed by atoms with Crippen molar-refractivity contribution in [3.8, 4) is 11.3 Å². The van der Waals surface area contributed by atoms with Crippen LogP contribution in [0.15, 0.2) is 35.1 Å². The smallest absolute Gasteiger partial charge is 0.274 e. The lowest BCUT2D eigenvalue weighted by Gasteiger charge is -2.10. The van der Waals surface area contributed by atoms with Crippen LogP contribution in [0.5, 0.6) is 0 Å². The van der Waals surface area contributed by atoms with Gasteiger partial charge in [-0.2, -0.15) is 0 Å². The van der Waals surface area contributed by atoms with Crippen molar-refractivity contribution < 1.29 is 9.21 Å². The largest absolute Gasteiger partial charge is 0.443 e. The molecule has 5 nitrogen and oxygen atoms in total. The summed E-state index contributed by atoms with van der Waals surface area (Å²) in [5.74, 6) is 0.198. The number of aromatic nitrogens is 1. The Kier molecular flexibility index (Phi) is 3.97. The van der Waals surface area contributed by atoms with E-state index in [0.29, 0.717) is 12.3 Å². The monoisotopic (exact) mass is 259 g/mol. The molecule has 100 valence electrons. The Bertz CT molecular complexity index is 560. The van der Waals surface area contributed by atoms with Crippen LogP contribution in [-0.2, 0) is 0 Å². The molecule has 1 amide bonds. The average molecular weight is 259 g/mol. The molecule has 0 aliphatic carbocycles. The van der Waals surface area contributed by atoms with Gasteiger partial charge in [-0.3, -0.25) is 4.79 Å². The first-order chi connectivity index (χ1) is 9.11. The summed E-state index contributed by atoms with van der Waals surface area (Å²) in [6, 6.07) is 7.62. The molecule has 0 radical (unpaired) electrons. The van der Waals surface area contributed by atoms with Gasteiger partial charge in [0.05, 0.1) is 0 Å². The summed E-state index contributed by atoms with van der Waals surface area (Å²) >= 11 is 0. The van der Waals surface area contributed by atoms with Crippen LogP contribution in [0.25, 0.3) is 11.3 Å². The first-order valence-corrected chi connectivity index (χ1v) is 6.13. The number of nitrogens with one attached hydrogen (secondary N) is 1. The third kappa shape index (κ3) is 3.00. The molecule has 0 saturated carbocycles. The molecule has 3 N–H and O–H groups in total. The summed E-state index contributed by atoms with van der Waals surface area (Å²) in [6.45, 7) is 4.22. The van der Waals surface area contributed by atoms with Gasteiger partial charge in [-0.05, 0) is 13.8 Å². The van der Waals surface area contributed by atoms with Crippen molar-refractivity contribution in [3.63, 3.8) is 0 Å². The van der Waals surface area contributed by atoms with Gasteiger partial charge in [0.15, 0.2) is 17.8 Å². The molecule has 2 rings (SSSR count). The predicted molar refractivity (Wildman–Crippen MR) is 72.7 cm³/mol. The molecular weight excluding hydrogens is 242 g/mol. The summed E-state index contributed by atoms with van der Waals surface area (Å²) in [6.07, 6.45) is 1.28. The van der Waals surface area contributed by atoms with Crippen molar-refractivity contribution in [2.24, 2.45) is 5.73 Å². The van der Waals surface area contributed by atoms with Crippen molar-refractivity contribution in [1.82, 2.24) is 10.3 Å². The van der Waals surface area contributed by atoms with Crippen molar-refractivity contribution in [1.29, 1.82) is 0 Å². The van der Waals surface area contributed by atoms with Crippen LogP contribution in [-0.4, -0.2) is 23.5 Å². The zero-order valence-electron chi connectivity index (χ0n) is 11.0. The first kappa shape index (κ1) is 13.3. The number of nitrogens with two attached hydrogens (primary N) is 1. The molecule has 0 aliphatic rings. The fourth-order valence-electron chi connectivity index (χ4n) is 1.67. The highest BCUT2D eigenvalue weighted by Gasteiger charge is 2.19. The third-order valence-electron chi connectivity index (χ3n) is 2.83. The maximum Gasteiger partial charge on any atom is 0.274 e. The number of oxazole rings is 1. The summed E-state index contributed by atoms with van der Waals surface area (Å²) in [5, 5.41) is 2.77. The number of benzene rings is 1. The van der Waals surface area contributed by atoms with Crippen LogP contribution in [0.2, 0.25) is 0 Å². The number of hydrogen-bond donors (Lipinski definition) is 2. The van der Waals surface area contributed by atoms with Gasteiger partial charge in [0.2, 0.25) is 0 Å². The Morgan fingerprint density at radius 1 is 1.42 bits per heavy atom. The van der Waals surface area contributed by atoms with Gasteiger partial charge in [-0.25, -0.2) is 4.98 Å². The summed E-state index contributed by atoms with van der Waals surface area (Å²) < 4.78 is 5.32. The number of aryl methyl sites for hydroxylation is 1. The molecular formula is C14H17N3O2. The molecule has 19 heavy (non-hydrogen) atoms. The highest BCUT2D eigenvalue weighted by Crippen LogP contribution is 2.23. The lowest BCUT2D eigenvalue weighted by molar-refractivity contribution is 0.0937. The van der Waals surface area contributed by atoms with E-state index in [9.17, 15) is 4.79 Å². The van der Waals surface area contributed by atoms with E-state index < -0.39 is 0 Å². The molecule has 1 aromatic carbocycles. The molecule has 1 aromatic heterocycles. The van der Waals surface area contributed by atoms with Crippen LogP contribution >= 0.6 is 0 Å². The molecule has 5 heteroatoms. The van der Waals surface area contributed by atoms with Gasteiger partial charge in [0, 0.05) is 18.2 Å². The van der Waals surface area contributed by atoms with E-state index in [0.717, 1.165) is 11.1 Å². The summed E-state index contributed by atoms with van der Waals surface area (Å²) in [7, 11) is 0. The lowest BCUT2D eigenvalue weighted by atomic mass is 10.1. The maximum atomic E-state index is 12.0. The molecule has 2 aromatic rings. The fraction of sp³-hybridized carbons (Fsp3) is 0.286. The standard InChI is InChI=1S/C14H17N3O2/c1-9-3-5-11(6-4-9)13-12(16-8-19-13)14(18)17-10(2)7-15/h3-6,8,10H,7,15H2,1-2H3,(H,17,18)/t10-/m0/s1. The number of carbonyl (C=O) groups excluding carboxylic acids is 1. The van der Waals surface area contributed by atoms with E-state index in [-0.39, 0.29) is 17.6 Å². The van der Waals surface area contributed by atoms with Gasteiger partial charge >= 0.3 is 0 Å². The van der Waals surface area contributed by atoms with Crippen molar-refractivity contribution >= 4 is 5.91 Å². The second-order valence-corrected chi connectivity index (χ2v) is 4.51. The molecule has 0 bridgehead atoms. The van der Waals surface area contributed by atoms with Crippen LogP contribution in [0.3, 0.4) is 0 Å². The molecule has 1 atom stereocenters. The fourth-order valence-corrected chi connectivity index (χ4v) is 1.67. The average Bonchev–Trinajstić information content (AvgIpc) is 2.88. The number of carbonyl (C=O) groups is 1. The van der Waals surface area contributed by atoms with Gasteiger partial charge < -0.3 is 15.5 Å². The van der Waals surface area contributed by atoms with Crippen molar-refractivity contribution in [2.75, 3.05) is 6.54 Å². The number of amides is 1. The van der Waals surface area contributed by atoms with E-state index >= 15 is 0 Å². The zero-order chi connectivity index (χ0) is 13.8. The minimum Gasteiger partial charge on any atom is -0.443 e. The quantitative estimate of drug-likeness (QED) is 0.876. The molecule has 0 fully saturated rings. The van der Waals surface area contributed by atoms with E-state index in [1.807, 2.05) is 38.1 Å². The highest BCUT2D eigenvalue weighted by atomic mass is 16.3. The Morgan fingerprint density at radius 3 is 2.74 bits per heavy atom. The Labute approximate surface area is 111 Å². The second-order valence-electron chi connectivity index (χ2n) is 4.51. The topological polar surface area (TPSA) is 81.2 Å². The SMILES string of the molecule is Cc1ccc(-c2ocnc2C(=O)N[C@@H](C)CN)cc1. The molecule has 0 unspecified atom stereocenters. The molecule has 0 saturated heterocycles. The predicted octanol–water partition coefficient (Wildman–Crippen LogP) is 1.73. The molecule has 0 aliphatic heterocycles. The lowest BCUT2D eigenvalue weighted by Crippen LogP contribution is -2.38. The van der Waals surface area contributed by atoms with Crippen LogP contribution in [0, 0.1) is 6.92 Å². The van der Waals surface area contributed by atoms with Gasteiger partial charge in [-0.1, -0.05) is 29.8 Å². The van der Waals surface area contributed by atoms with E-state index in [2.05, 4.69) is 10.3 Å². The minimum absolute atomic E-state index is 0.102. The van der Waals surface area contributed by atoms with Crippen molar-refractivity contribution in [3.05, 3.63) is 41.9 Å². The Morgan fingerprint density at radius 2 is 2.11 bits per heavy atom. The van der Waals surface area contributed by atoms with Gasteiger partial charge in [0.1, 0.15) is 0 Å². The minimum atomic E-state index is -0.276. The summed E-state index contributed by atoms with van der Waals surface area (Å²) in [4.78, 5) is 16.0. The van der Waals surface area contributed by atoms with Crippen LogP contribution < -0.4 is 11.1 Å². The zero-order valence-corrected chi connectivity index (χ0v) is 11.0.